The fourth-order valence-electron chi connectivity index (χ4n) is 2.88. The number of carbonyl (C=O) groups excluding carboxylic acids is 2. The van der Waals surface area contributed by atoms with E-state index in [0.717, 1.165) is 28.0 Å². The van der Waals surface area contributed by atoms with Crippen LogP contribution in [0.1, 0.15) is 45.5 Å². The van der Waals surface area contributed by atoms with Gasteiger partial charge in [-0.3, -0.25) is 9.59 Å². The summed E-state index contributed by atoms with van der Waals surface area (Å²) >= 11 is 0. The second kappa shape index (κ2) is 10.5. The minimum Gasteiger partial charge on any atom is -0.493 e. The van der Waals surface area contributed by atoms with Crippen molar-refractivity contribution in [1.82, 2.24) is 10.6 Å². The second-order valence-corrected chi connectivity index (χ2v) is 7.08. The molecule has 0 bridgehead atoms. The molecule has 0 unspecified atom stereocenters. The zero-order valence-electron chi connectivity index (χ0n) is 17.2. The molecule has 0 aliphatic rings. The summed E-state index contributed by atoms with van der Waals surface area (Å²) in [5, 5.41) is 5.65. The van der Waals surface area contributed by atoms with E-state index in [4.69, 9.17) is 4.74 Å². The molecule has 0 saturated carbocycles. The Morgan fingerprint density at radius 1 is 0.857 bits per heavy atom. The van der Waals surface area contributed by atoms with Crippen LogP contribution in [0.3, 0.4) is 0 Å². The molecule has 0 aliphatic heterocycles. The summed E-state index contributed by atoms with van der Waals surface area (Å²) < 4.78 is 5.81. The highest BCUT2D eigenvalue weighted by Gasteiger charge is 2.07. The molecule has 0 radical (unpaired) electrons. The summed E-state index contributed by atoms with van der Waals surface area (Å²) in [6, 6.07) is 11.7. The molecular weight excluding hydrogens is 352 g/mol. The zero-order chi connectivity index (χ0) is 20.5. The Labute approximate surface area is 167 Å². The van der Waals surface area contributed by atoms with Gasteiger partial charge in [0.05, 0.1) is 6.61 Å². The van der Waals surface area contributed by atoms with Crippen molar-refractivity contribution in [3.63, 3.8) is 0 Å². The summed E-state index contributed by atoms with van der Waals surface area (Å²) in [7, 11) is 0. The molecular formula is C23H30N2O3. The lowest BCUT2D eigenvalue weighted by Gasteiger charge is -2.12. The van der Waals surface area contributed by atoms with Crippen LogP contribution in [0.25, 0.3) is 0 Å². The predicted molar refractivity (Wildman–Crippen MR) is 112 cm³/mol. The molecule has 0 fully saturated rings. The lowest BCUT2D eigenvalue weighted by Crippen LogP contribution is -2.34. The molecule has 150 valence electrons. The van der Waals surface area contributed by atoms with E-state index in [1.807, 2.05) is 64.1 Å². The first-order valence-corrected chi connectivity index (χ1v) is 9.69. The van der Waals surface area contributed by atoms with Gasteiger partial charge in [-0.05, 0) is 68.5 Å². The van der Waals surface area contributed by atoms with E-state index < -0.39 is 0 Å². The SMILES string of the molecule is Cc1ccc(C(=O)NCCNC(=O)CCCOc2c(C)cccc2C)cc1C. The van der Waals surface area contributed by atoms with Crippen molar-refractivity contribution in [2.45, 2.75) is 40.5 Å². The van der Waals surface area contributed by atoms with Crippen LogP contribution in [0.5, 0.6) is 5.75 Å². The van der Waals surface area contributed by atoms with Crippen LogP contribution in [0.15, 0.2) is 36.4 Å². The first kappa shape index (κ1) is 21.5. The summed E-state index contributed by atoms with van der Waals surface area (Å²) in [6.45, 7) is 9.34. The normalized spacial score (nSPS) is 10.4. The maximum absolute atomic E-state index is 12.1. The molecule has 0 heterocycles. The molecule has 28 heavy (non-hydrogen) atoms. The average Bonchev–Trinajstić information content (AvgIpc) is 2.66. The van der Waals surface area contributed by atoms with Gasteiger partial charge in [0.2, 0.25) is 5.91 Å². The average molecular weight is 383 g/mol. The van der Waals surface area contributed by atoms with Crippen LogP contribution in [0.4, 0.5) is 0 Å². The molecule has 0 aliphatic carbocycles. The third-order valence-corrected chi connectivity index (χ3v) is 4.71. The van der Waals surface area contributed by atoms with Crippen LogP contribution >= 0.6 is 0 Å². The third-order valence-electron chi connectivity index (χ3n) is 4.71. The number of hydrogen-bond donors (Lipinski definition) is 2. The summed E-state index contributed by atoms with van der Waals surface area (Å²) in [4.78, 5) is 24.0. The van der Waals surface area contributed by atoms with Crippen molar-refractivity contribution in [1.29, 1.82) is 0 Å². The van der Waals surface area contributed by atoms with Crippen LogP contribution in [0.2, 0.25) is 0 Å². The quantitative estimate of drug-likeness (QED) is 0.651. The Morgan fingerprint density at radius 2 is 1.54 bits per heavy atom. The summed E-state index contributed by atoms with van der Waals surface area (Å²) in [5.74, 6) is 0.738. The van der Waals surface area contributed by atoms with E-state index in [0.29, 0.717) is 38.1 Å². The monoisotopic (exact) mass is 382 g/mol. The van der Waals surface area contributed by atoms with E-state index in [2.05, 4.69) is 10.6 Å². The van der Waals surface area contributed by atoms with Crippen molar-refractivity contribution >= 4 is 11.8 Å². The van der Waals surface area contributed by atoms with E-state index in [1.165, 1.54) is 0 Å². The molecule has 5 heteroatoms. The lowest BCUT2D eigenvalue weighted by atomic mass is 10.1. The highest BCUT2D eigenvalue weighted by molar-refractivity contribution is 5.94. The van der Waals surface area contributed by atoms with Gasteiger partial charge in [-0.2, -0.15) is 0 Å². The number of para-hydroxylation sites is 1. The Bertz CT molecular complexity index is 810. The largest absolute Gasteiger partial charge is 0.493 e. The van der Waals surface area contributed by atoms with Gasteiger partial charge in [-0.15, -0.1) is 0 Å². The molecule has 2 aromatic rings. The predicted octanol–water partition coefficient (Wildman–Crippen LogP) is 3.63. The number of nitrogens with one attached hydrogen (secondary N) is 2. The minimum absolute atomic E-state index is 0.0365. The highest BCUT2D eigenvalue weighted by Crippen LogP contribution is 2.22. The minimum atomic E-state index is -0.126. The van der Waals surface area contributed by atoms with Gasteiger partial charge < -0.3 is 15.4 Å². The number of aryl methyl sites for hydroxylation is 4. The van der Waals surface area contributed by atoms with E-state index in [9.17, 15) is 9.59 Å². The number of ether oxygens (including phenoxy) is 1. The number of rotatable bonds is 9. The van der Waals surface area contributed by atoms with Crippen molar-refractivity contribution in [3.05, 3.63) is 64.2 Å². The molecule has 2 rings (SSSR count). The first-order valence-electron chi connectivity index (χ1n) is 9.69. The number of carbonyl (C=O) groups is 2. The number of benzene rings is 2. The van der Waals surface area contributed by atoms with E-state index in [1.54, 1.807) is 0 Å². The topological polar surface area (TPSA) is 67.4 Å². The van der Waals surface area contributed by atoms with Crippen molar-refractivity contribution in [2.24, 2.45) is 0 Å². The van der Waals surface area contributed by atoms with Crippen LogP contribution in [-0.2, 0) is 4.79 Å². The summed E-state index contributed by atoms with van der Waals surface area (Å²) in [6.07, 6.45) is 1.05. The van der Waals surface area contributed by atoms with Crippen LogP contribution < -0.4 is 15.4 Å². The number of hydrogen-bond acceptors (Lipinski definition) is 3. The van der Waals surface area contributed by atoms with E-state index in [-0.39, 0.29) is 11.8 Å². The van der Waals surface area contributed by atoms with Crippen molar-refractivity contribution in [3.8, 4) is 5.75 Å². The van der Waals surface area contributed by atoms with Crippen molar-refractivity contribution in [2.75, 3.05) is 19.7 Å². The van der Waals surface area contributed by atoms with Gasteiger partial charge in [0.15, 0.2) is 0 Å². The Kier molecular flexibility index (Phi) is 8.05. The number of amides is 2. The molecule has 2 N–H and O–H groups in total. The molecule has 0 aromatic heterocycles. The Balaban J connectivity index is 1.61. The third kappa shape index (κ3) is 6.41. The molecule has 5 nitrogen and oxygen atoms in total. The molecule has 2 amide bonds. The Morgan fingerprint density at radius 3 is 2.21 bits per heavy atom. The maximum atomic E-state index is 12.1. The van der Waals surface area contributed by atoms with Crippen LogP contribution in [-0.4, -0.2) is 31.5 Å². The van der Waals surface area contributed by atoms with Gasteiger partial charge in [-0.25, -0.2) is 0 Å². The standard InChI is InChI=1S/C23H30N2O3/c1-16-10-11-20(15-19(16)4)23(27)25-13-12-24-21(26)9-6-14-28-22-17(2)7-5-8-18(22)3/h5,7-8,10-11,15H,6,9,12-14H2,1-4H3,(H,24,26)(H,25,27). The van der Waals surface area contributed by atoms with Gasteiger partial charge in [0, 0.05) is 25.1 Å². The maximum Gasteiger partial charge on any atom is 0.251 e. The molecule has 0 spiro atoms. The zero-order valence-corrected chi connectivity index (χ0v) is 17.2. The lowest BCUT2D eigenvalue weighted by molar-refractivity contribution is -0.121. The molecule has 2 aromatic carbocycles. The summed E-state index contributed by atoms with van der Waals surface area (Å²) in [5.41, 5.74) is 5.08. The van der Waals surface area contributed by atoms with Gasteiger partial charge >= 0.3 is 0 Å². The molecule has 0 saturated heterocycles. The smallest absolute Gasteiger partial charge is 0.251 e. The fraction of sp³-hybridized carbons (Fsp3) is 0.391. The highest BCUT2D eigenvalue weighted by atomic mass is 16.5. The van der Waals surface area contributed by atoms with Gasteiger partial charge in [0.25, 0.3) is 5.91 Å². The van der Waals surface area contributed by atoms with Crippen LogP contribution in [0, 0.1) is 27.7 Å². The second-order valence-electron chi connectivity index (χ2n) is 7.08. The van der Waals surface area contributed by atoms with Gasteiger partial charge in [0.1, 0.15) is 5.75 Å². The first-order chi connectivity index (χ1) is 13.4. The van der Waals surface area contributed by atoms with E-state index >= 15 is 0 Å². The Hall–Kier alpha value is -2.82. The fourth-order valence-corrected chi connectivity index (χ4v) is 2.88. The van der Waals surface area contributed by atoms with Gasteiger partial charge in [-0.1, -0.05) is 24.3 Å². The molecule has 0 atom stereocenters. The van der Waals surface area contributed by atoms with Crippen molar-refractivity contribution < 1.29 is 14.3 Å².